The van der Waals surface area contributed by atoms with Crippen molar-refractivity contribution in [2.75, 3.05) is 0 Å². The zero-order chi connectivity index (χ0) is 12.9. The van der Waals surface area contributed by atoms with E-state index in [4.69, 9.17) is 0 Å². The Labute approximate surface area is 116 Å². The van der Waals surface area contributed by atoms with E-state index in [0.29, 0.717) is 5.78 Å². The van der Waals surface area contributed by atoms with Crippen molar-refractivity contribution in [3.63, 3.8) is 0 Å². The first-order valence-electron chi connectivity index (χ1n) is 6.64. The van der Waals surface area contributed by atoms with Crippen LogP contribution in [0.5, 0.6) is 0 Å². The quantitative estimate of drug-likeness (QED) is 0.695. The Morgan fingerprint density at radius 3 is 2.63 bits per heavy atom. The van der Waals surface area contributed by atoms with Gasteiger partial charge in [0.1, 0.15) is 0 Å². The molecule has 1 aromatic heterocycles. The van der Waals surface area contributed by atoms with Crippen LogP contribution >= 0.6 is 11.3 Å². The second-order valence-corrected chi connectivity index (χ2v) is 6.33. The topological polar surface area (TPSA) is 17.1 Å². The van der Waals surface area contributed by atoms with Crippen molar-refractivity contribution in [2.24, 2.45) is 5.41 Å². The second kappa shape index (κ2) is 3.91. The summed E-state index contributed by atoms with van der Waals surface area (Å²) in [5.74, 6) is 0.351. The third kappa shape index (κ3) is 1.56. The number of Topliss-reactive ketones (excluding diaryl/α,β-unsaturated/α-hetero) is 1. The number of allylic oxidation sites excluding steroid dienone is 2. The number of benzene rings is 1. The fourth-order valence-electron chi connectivity index (χ4n) is 3.33. The Morgan fingerprint density at radius 1 is 1.05 bits per heavy atom. The first-order valence-corrected chi connectivity index (χ1v) is 7.58. The van der Waals surface area contributed by atoms with Crippen molar-refractivity contribution in [3.8, 4) is 11.1 Å². The molecular weight excluding hydrogens is 252 g/mol. The summed E-state index contributed by atoms with van der Waals surface area (Å²) >= 11 is 1.71. The molecule has 0 saturated heterocycles. The molecule has 94 valence electrons. The molecular formula is C17H14OS. The molecule has 1 heterocycles. The van der Waals surface area contributed by atoms with Crippen molar-refractivity contribution in [1.82, 2.24) is 0 Å². The highest BCUT2D eigenvalue weighted by Gasteiger charge is 2.45. The molecule has 2 aliphatic rings. The predicted molar refractivity (Wildman–Crippen MR) is 78.6 cm³/mol. The molecule has 1 aromatic carbocycles. The van der Waals surface area contributed by atoms with Crippen LogP contribution in [0.25, 0.3) is 11.1 Å². The molecule has 0 bridgehead atoms. The van der Waals surface area contributed by atoms with Gasteiger partial charge < -0.3 is 0 Å². The van der Waals surface area contributed by atoms with Crippen molar-refractivity contribution in [3.05, 3.63) is 58.3 Å². The fourth-order valence-corrected chi connectivity index (χ4v) is 4.00. The summed E-state index contributed by atoms with van der Waals surface area (Å²) in [6.07, 6.45) is 7.04. The van der Waals surface area contributed by atoms with Gasteiger partial charge in [-0.25, -0.2) is 0 Å². The van der Waals surface area contributed by atoms with Crippen molar-refractivity contribution >= 4 is 17.1 Å². The number of carbonyl (C=O) groups excluding carboxylic acids is 1. The van der Waals surface area contributed by atoms with E-state index in [1.807, 2.05) is 6.07 Å². The van der Waals surface area contributed by atoms with Gasteiger partial charge in [0.15, 0.2) is 5.78 Å². The lowest BCUT2D eigenvalue weighted by atomic mass is 9.81. The summed E-state index contributed by atoms with van der Waals surface area (Å²) < 4.78 is 0. The number of ketones is 1. The molecule has 0 N–H and O–H groups in total. The van der Waals surface area contributed by atoms with Crippen LogP contribution in [0, 0.1) is 5.41 Å². The summed E-state index contributed by atoms with van der Waals surface area (Å²) in [4.78, 5) is 12.6. The van der Waals surface area contributed by atoms with Crippen LogP contribution in [0.2, 0.25) is 0 Å². The average Bonchev–Trinajstić information content (AvgIpc) is 3.14. The third-order valence-corrected chi connectivity index (χ3v) is 5.08. The van der Waals surface area contributed by atoms with E-state index in [1.54, 1.807) is 11.3 Å². The van der Waals surface area contributed by atoms with E-state index in [-0.39, 0.29) is 5.41 Å². The standard InChI is InChI=1S/C17H14OS/c18-16-15-4-3-12(13-5-8-19-11-13)9-14(15)10-17(16)6-1-2-7-17/h1-5,8-9,11H,6-7,10H2. The minimum absolute atomic E-state index is 0.143. The number of rotatable bonds is 1. The minimum atomic E-state index is -0.143. The molecule has 2 aromatic rings. The number of fused-ring (bicyclic) bond motifs is 1. The second-order valence-electron chi connectivity index (χ2n) is 5.55. The number of hydrogen-bond donors (Lipinski definition) is 0. The van der Waals surface area contributed by atoms with Gasteiger partial charge in [0.05, 0.1) is 0 Å². The van der Waals surface area contributed by atoms with E-state index in [1.165, 1.54) is 16.7 Å². The summed E-state index contributed by atoms with van der Waals surface area (Å²) in [7, 11) is 0. The maximum atomic E-state index is 12.6. The Morgan fingerprint density at radius 2 is 1.89 bits per heavy atom. The first-order chi connectivity index (χ1) is 9.28. The van der Waals surface area contributed by atoms with Gasteiger partial charge in [0.2, 0.25) is 0 Å². The van der Waals surface area contributed by atoms with Crippen molar-refractivity contribution in [1.29, 1.82) is 0 Å². The molecule has 0 atom stereocenters. The Hall–Kier alpha value is -1.67. The molecule has 2 aliphatic carbocycles. The predicted octanol–water partition coefficient (Wildman–Crippen LogP) is 4.49. The van der Waals surface area contributed by atoms with Crippen LogP contribution in [-0.4, -0.2) is 5.78 Å². The van der Waals surface area contributed by atoms with Gasteiger partial charge >= 0.3 is 0 Å². The van der Waals surface area contributed by atoms with Crippen LogP contribution in [0.15, 0.2) is 47.2 Å². The van der Waals surface area contributed by atoms with Gasteiger partial charge in [-0.2, -0.15) is 11.3 Å². The highest BCUT2D eigenvalue weighted by atomic mass is 32.1. The van der Waals surface area contributed by atoms with Gasteiger partial charge in [-0.1, -0.05) is 30.4 Å². The van der Waals surface area contributed by atoms with E-state index < -0.39 is 0 Å². The largest absolute Gasteiger partial charge is 0.294 e. The number of thiophene rings is 1. The average molecular weight is 266 g/mol. The van der Waals surface area contributed by atoms with Gasteiger partial charge in [-0.05, 0) is 52.8 Å². The van der Waals surface area contributed by atoms with E-state index in [9.17, 15) is 4.79 Å². The molecule has 0 amide bonds. The van der Waals surface area contributed by atoms with Crippen LogP contribution < -0.4 is 0 Å². The zero-order valence-corrected chi connectivity index (χ0v) is 11.4. The first kappa shape index (κ1) is 11.2. The van der Waals surface area contributed by atoms with Gasteiger partial charge in [-0.3, -0.25) is 4.79 Å². The van der Waals surface area contributed by atoms with E-state index in [2.05, 4.69) is 41.1 Å². The van der Waals surface area contributed by atoms with Crippen molar-refractivity contribution in [2.45, 2.75) is 19.3 Å². The molecule has 0 fully saturated rings. The van der Waals surface area contributed by atoms with Crippen LogP contribution in [-0.2, 0) is 6.42 Å². The van der Waals surface area contributed by atoms with Gasteiger partial charge in [0.25, 0.3) is 0 Å². The number of carbonyl (C=O) groups is 1. The molecule has 0 saturated carbocycles. The third-order valence-electron chi connectivity index (χ3n) is 4.40. The smallest absolute Gasteiger partial charge is 0.170 e. The lowest BCUT2D eigenvalue weighted by molar-refractivity contribution is 0.0835. The molecule has 0 aliphatic heterocycles. The zero-order valence-electron chi connectivity index (χ0n) is 10.6. The minimum Gasteiger partial charge on any atom is -0.294 e. The van der Waals surface area contributed by atoms with Crippen molar-refractivity contribution < 1.29 is 4.79 Å². The normalized spacial score (nSPS) is 19.3. The molecule has 1 spiro atoms. The summed E-state index contributed by atoms with van der Waals surface area (Å²) in [6.45, 7) is 0. The fraction of sp³-hybridized carbons (Fsp3) is 0.235. The van der Waals surface area contributed by atoms with Crippen LogP contribution in [0.3, 0.4) is 0 Å². The molecule has 19 heavy (non-hydrogen) atoms. The Bertz CT molecular complexity index is 671. The highest BCUT2D eigenvalue weighted by Crippen LogP contribution is 2.46. The summed E-state index contributed by atoms with van der Waals surface area (Å²) in [6, 6.07) is 8.45. The molecule has 4 rings (SSSR count). The van der Waals surface area contributed by atoms with Gasteiger partial charge in [-0.15, -0.1) is 0 Å². The SMILES string of the molecule is O=C1c2ccc(-c3ccsc3)cc2CC12CC=CC2. The maximum Gasteiger partial charge on any atom is 0.170 e. The molecule has 2 heteroatoms. The Kier molecular flexibility index (Phi) is 2.30. The summed E-state index contributed by atoms with van der Waals surface area (Å²) in [5, 5.41) is 4.25. The van der Waals surface area contributed by atoms with Crippen LogP contribution in [0.4, 0.5) is 0 Å². The molecule has 0 unspecified atom stereocenters. The highest BCUT2D eigenvalue weighted by molar-refractivity contribution is 7.08. The number of hydrogen-bond acceptors (Lipinski definition) is 2. The monoisotopic (exact) mass is 266 g/mol. The Balaban J connectivity index is 1.78. The lowest BCUT2D eigenvalue weighted by Crippen LogP contribution is -2.24. The van der Waals surface area contributed by atoms with Gasteiger partial charge in [0, 0.05) is 11.0 Å². The van der Waals surface area contributed by atoms with E-state index >= 15 is 0 Å². The summed E-state index contributed by atoms with van der Waals surface area (Å²) in [5.41, 5.74) is 4.52. The van der Waals surface area contributed by atoms with Crippen LogP contribution in [0.1, 0.15) is 28.8 Å². The maximum absolute atomic E-state index is 12.6. The molecule has 1 nitrogen and oxygen atoms in total. The van der Waals surface area contributed by atoms with E-state index in [0.717, 1.165) is 24.8 Å². The molecule has 0 radical (unpaired) electrons. The lowest BCUT2D eigenvalue weighted by Gasteiger charge is -2.19.